The zero-order chi connectivity index (χ0) is 9.42. The molecule has 0 aliphatic carbocycles. The number of rotatable bonds is 1. The minimum absolute atomic E-state index is 0.704. The number of benzene rings is 1. The predicted octanol–water partition coefficient (Wildman–Crippen LogP) is 3.06. The number of nitrogens with two attached hydrogens (primary N) is 1. The number of carbonyl (C=O) groups excluding carboxylic acids is 1. The van der Waals surface area contributed by atoms with Crippen molar-refractivity contribution in [1.29, 1.82) is 0 Å². The molecule has 1 heterocycles. The number of fused-ring (bicyclic) bond motifs is 1. The Labute approximate surface area is 87.5 Å². The summed E-state index contributed by atoms with van der Waals surface area (Å²) in [6, 6.07) is 5.67. The van der Waals surface area contributed by atoms with Crippen molar-refractivity contribution >= 4 is 49.3 Å². The molecule has 2 nitrogen and oxygen atoms in total. The van der Waals surface area contributed by atoms with Crippen LogP contribution in [0.25, 0.3) is 10.1 Å². The zero-order valence-electron chi connectivity index (χ0n) is 6.58. The summed E-state index contributed by atoms with van der Waals surface area (Å²) in [7, 11) is 0. The van der Waals surface area contributed by atoms with Gasteiger partial charge in [-0.1, -0.05) is 6.07 Å². The van der Waals surface area contributed by atoms with Gasteiger partial charge in [0.15, 0.2) is 6.29 Å². The van der Waals surface area contributed by atoms with E-state index in [-0.39, 0.29) is 0 Å². The highest BCUT2D eigenvalue weighted by Gasteiger charge is 2.06. The second-order valence-electron chi connectivity index (χ2n) is 2.65. The third-order valence-corrected chi connectivity index (χ3v) is 3.61. The zero-order valence-corrected chi connectivity index (χ0v) is 8.98. The highest BCUT2D eigenvalue weighted by atomic mass is 79.9. The minimum Gasteiger partial charge on any atom is -0.397 e. The molecule has 0 aliphatic heterocycles. The van der Waals surface area contributed by atoms with Crippen LogP contribution >= 0.6 is 27.3 Å². The number of carbonyl (C=O) groups is 1. The molecule has 0 saturated carbocycles. The molecule has 2 N–H and O–H groups in total. The summed E-state index contributed by atoms with van der Waals surface area (Å²) in [5, 5.41) is 1.02. The second-order valence-corrected chi connectivity index (χ2v) is 4.58. The van der Waals surface area contributed by atoms with Crippen LogP contribution in [0.2, 0.25) is 0 Å². The van der Waals surface area contributed by atoms with Crippen LogP contribution in [0.4, 0.5) is 5.69 Å². The first-order valence-electron chi connectivity index (χ1n) is 3.65. The van der Waals surface area contributed by atoms with Gasteiger partial charge in [-0.05, 0) is 33.4 Å². The third-order valence-electron chi connectivity index (χ3n) is 1.81. The van der Waals surface area contributed by atoms with Crippen molar-refractivity contribution in [2.45, 2.75) is 0 Å². The van der Waals surface area contributed by atoms with Gasteiger partial charge in [-0.2, -0.15) is 0 Å². The van der Waals surface area contributed by atoms with Crippen LogP contribution in [0.5, 0.6) is 0 Å². The topological polar surface area (TPSA) is 43.1 Å². The van der Waals surface area contributed by atoms with Gasteiger partial charge in [0.05, 0.1) is 15.3 Å². The average Bonchev–Trinajstić information content (AvgIpc) is 2.55. The van der Waals surface area contributed by atoms with Crippen LogP contribution in [0.3, 0.4) is 0 Å². The van der Waals surface area contributed by atoms with E-state index in [9.17, 15) is 4.79 Å². The molecule has 0 spiro atoms. The van der Waals surface area contributed by atoms with Crippen molar-refractivity contribution in [2.75, 3.05) is 5.73 Å². The molecule has 4 heteroatoms. The van der Waals surface area contributed by atoms with Gasteiger partial charge < -0.3 is 5.73 Å². The summed E-state index contributed by atoms with van der Waals surface area (Å²) in [6.45, 7) is 0. The first-order chi connectivity index (χ1) is 6.22. The van der Waals surface area contributed by atoms with Gasteiger partial charge in [0.25, 0.3) is 0 Å². The number of nitrogen functional groups attached to an aromatic ring is 1. The van der Waals surface area contributed by atoms with E-state index in [2.05, 4.69) is 15.9 Å². The van der Waals surface area contributed by atoms with Crippen LogP contribution in [0.15, 0.2) is 22.7 Å². The van der Waals surface area contributed by atoms with E-state index in [1.807, 2.05) is 18.2 Å². The predicted molar refractivity (Wildman–Crippen MR) is 59.3 cm³/mol. The molecule has 0 fully saturated rings. The molecule has 0 saturated heterocycles. The quantitative estimate of drug-likeness (QED) is 0.629. The molecule has 0 unspecified atom stereocenters. The SMILES string of the molecule is Nc1c(Br)ccc2cc(C=O)sc12. The maximum Gasteiger partial charge on any atom is 0.160 e. The Morgan fingerprint density at radius 3 is 2.92 bits per heavy atom. The first kappa shape index (κ1) is 8.72. The van der Waals surface area contributed by atoms with Gasteiger partial charge in [0.2, 0.25) is 0 Å². The Bertz CT molecular complexity index is 478. The van der Waals surface area contributed by atoms with Gasteiger partial charge in [0, 0.05) is 4.47 Å². The molecule has 2 aromatic rings. The Morgan fingerprint density at radius 2 is 2.23 bits per heavy atom. The fourth-order valence-corrected chi connectivity index (χ4v) is 2.57. The molecule has 0 bridgehead atoms. The molecule has 0 aliphatic rings. The molecule has 0 radical (unpaired) electrons. The molecular weight excluding hydrogens is 250 g/mol. The van der Waals surface area contributed by atoms with E-state index >= 15 is 0 Å². The van der Waals surface area contributed by atoms with Gasteiger partial charge in [0.1, 0.15) is 0 Å². The molecule has 13 heavy (non-hydrogen) atoms. The van der Waals surface area contributed by atoms with E-state index in [1.165, 1.54) is 11.3 Å². The number of hydrogen-bond acceptors (Lipinski definition) is 3. The lowest BCUT2D eigenvalue weighted by Crippen LogP contribution is -1.84. The lowest BCUT2D eigenvalue weighted by atomic mass is 10.2. The molecule has 0 amide bonds. The summed E-state index contributed by atoms with van der Waals surface area (Å²) in [4.78, 5) is 11.2. The van der Waals surface area contributed by atoms with Crippen LogP contribution in [0, 0.1) is 0 Å². The standard InChI is InChI=1S/C9H6BrNOS/c10-7-2-1-5-3-6(4-12)13-9(5)8(7)11/h1-4H,11H2. The third kappa shape index (κ3) is 1.36. The smallest absolute Gasteiger partial charge is 0.160 e. The van der Waals surface area contributed by atoms with Crippen LogP contribution < -0.4 is 5.73 Å². The first-order valence-corrected chi connectivity index (χ1v) is 5.26. The summed E-state index contributed by atoms with van der Waals surface area (Å²) in [6.07, 6.45) is 0.845. The van der Waals surface area contributed by atoms with Crippen molar-refractivity contribution in [3.05, 3.63) is 27.5 Å². The number of anilines is 1. The Hall–Kier alpha value is -0.870. The van der Waals surface area contributed by atoms with E-state index in [0.717, 1.165) is 20.8 Å². The molecular formula is C9H6BrNOS. The fraction of sp³-hybridized carbons (Fsp3) is 0. The van der Waals surface area contributed by atoms with E-state index in [0.29, 0.717) is 10.6 Å². The number of hydrogen-bond donors (Lipinski definition) is 1. The summed E-state index contributed by atoms with van der Waals surface area (Å²) >= 11 is 4.76. The van der Waals surface area contributed by atoms with E-state index in [4.69, 9.17) is 5.73 Å². The molecule has 2 rings (SSSR count). The monoisotopic (exact) mass is 255 g/mol. The van der Waals surface area contributed by atoms with Crippen LogP contribution in [0.1, 0.15) is 9.67 Å². The number of aldehydes is 1. The van der Waals surface area contributed by atoms with E-state index < -0.39 is 0 Å². The Balaban J connectivity index is 2.83. The normalized spacial score (nSPS) is 10.5. The summed E-state index contributed by atoms with van der Waals surface area (Å²) in [5.74, 6) is 0. The van der Waals surface area contributed by atoms with Crippen molar-refractivity contribution in [2.24, 2.45) is 0 Å². The van der Waals surface area contributed by atoms with Crippen molar-refractivity contribution in [1.82, 2.24) is 0 Å². The highest BCUT2D eigenvalue weighted by molar-refractivity contribution is 9.10. The maximum absolute atomic E-state index is 10.5. The van der Waals surface area contributed by atoms with Gasteiger partial charge in [-0.25, -0.2) is 0 Å². The maximum atomic E-state index is 10.5. The molecule has 1 aromatic carbocycles. The van der Waals surface area contributed by atoms with Crippen molar-refractivity contribution < 1.29 is 4.79 Å². The van der Waals surface area contributed by atoms with Crippen molar-refractivity contribution in [3.8, 4) is 0 Å². The molecule has 0 atom stereocenters. The number of thiophene rings is 1. The van der Waals surface area contributed by atoms with Gasteiger partial charge in [-0.3, -0.25) is 4.79 Å². The van der Waals surface area contributed by atoms with Gasteiger partial charge in [-0.15, -0.1) is 11.3 Å². The fourth-order valence-electron chi connectivity index (χ4n) is 1.18. The van der Waals surface area contributed by atoms with E-state index in [1.54, 1.807) is 0 Å². The largest absolute Gasteiger partial charge is 0.397 e. The summed E-state index contributed by atoms with van der Waals surface area (Å²) < 4.78 is 1.84. The highest BCUT2D eigenvalue weighted by Crippen LogP contribution is 2.34. The lowest BCUT2D eigenvalue weighted by molar-refractivity contribution is 0.112. The second kappa shape index (κ2) is 3.12. The molecule has 66 valence electrons. The number of halogens is 1. The average molecular weight is 256 g/mol. The minimum atomic E-state index is 0.704. The lowest BCUT2D eigenvalue weighted by Gasteiger charge is -1.97. The molecule has 1 aromatic heterocycles. The van der Waals surface area contributed by atoms with Gasteiger partial charge >= 0.3 is 0 Å². The Morgan fingerprint density at radius 1 is 1.46 bits per heavy atom. The van der Waals surface area contributed by atoms with Crippen molar-refractivity contribution in [3.63, 3.8) is 0 Å². The van der Waals surface area contributed by atoms with Crippen LogP contribution in [-0.4, -0.2) is 6.29 Å². The Kier molecular flexibility index (Phi) is 2.09. The summed E-state index contributed by atoms with van der Waals surface area (Å²) in [5.41, 5.74) is 6.54. The van der Waals surface area contributed by atoms with Crippen LogP contribution in [-0.2, 0) is 0 Å².